The molecule has 0 spiro atoms. The molecule has 2 aromatic rings. The Labute approximate surface area is 126 Å². The highest BCUT2D eigenvalue weighted by Crippen LogP contribution is 2.26. The van der Waals surface area contributed by atoms with Crippen molar-refractivity contribution in [3.8, 4) is 23.5 Å². The third-order valence-corrected chi connectivity index (χ3v) is 2.68. The van der Waals surface area contributed by atoms with Crippen molar-refractivity contribution >= 4 is 23.2 Å². The summed E-state index contributed by atoms with van der Waals surface area (Å²) >= 11 is 11.5. The fraction of sp³-hybridized carbons (Fsp3) is 0.143. The van der Waals surface area contributed by atoms with Crippen molar-refractivity contribution in [1.82, 2.24) is 9.97 Å². The van der Waals surface area contributed by atoms with Crippen LogP contribution in [0, 0.1) is 11.8 Å². The Bertz CT molecular complexity index is 648. The van der Waals surface area contributed by atoms with Gasteiger partial charge in [-0.2, -0.15) is 0 Å². The van der Waals surface area contributed by atoms with Gasteiger partial charge in [-0.1, -0.05) is 35.0 Å². The van der Waals surface area contributed by atoms with Crippen molar-refractivity contribution in [1.29, 1.82) is 0 Å². The monoisotopic (exact) mass is 308 g/mol. The van der Waals surface area contributed by atoms with Crippen molar-refractivity contribution in [2.24, 2.45) is 0 Å². The van der Waals surface area contributed by atoms with E-state index in [4.69, 9.17) is 32.7 Å². The van der Waals surface area contributed by atoms with Gasteiger partial charge in [-0.15, -0.1) is 0 Å². The van der Waals surface area contributed by atoms with E-state index in [9.17, 15) is 0 Å². The molecule has 0 radical (unpaired) electrons. The normalized spacial score (nSPS) is 9.55. The fourth-order valence-corrected chi connectivity index (χ4v) is 1.61. The Morgan fingerprint density at radius 1 is 1.20 bits per heavy atom. The summed E-state index contributed by atoms with van der Waals surface area (Å²) in [7, 11) is 1.52. The van der Waals surface area contributed by atoms with E-state index in [1.807, 2.05) is 0 Å². The Kier molecular flexibility index (Phi) is 5.05. The standard InChI is InChI=1S/C14H10Cl2N2O2/c1-19-12-7-11(15)9-18-14(12)20-6-2-3-10-4-5-13(16)17-8-10/h4-5,7-9H,6H2,1H3. The lowest BCUT2D eigenvalue weighted by Crippen LogP contribution is -1.99. The Morgan fingerprint density at radius 2 is 2.05 bits per heavy atom. The van der Waals surface area contributed by atoms with E-state index in [2.05, 4.69) is 21.8 Å². The molecule has 2 rings (SSSR count). The predicted molar refractivity (Wildman–Crippen MR) is 77.4 cm³/mol. The summed E-state index contributed by atoms with van der Waals surface area (Å²) in [5.74, 6) is 6.56. The van der Waals surface area contributed by atoms with Gasteiger partial charge in [-0.25, -0.2) is 9.97 Å². The lowest BCUT2D eigenvalue weighted by atomic mass is 10.3. The van der Waals surface area contributed by atoms with Crippen LogP contribution in [0.25, 0.3) is 0 Å². The highest BCUT2D eigenvalue weighted by molar-refractivity contribution is 6.30. The zero-order valence-electron chi connectivity index (χ0n) is 10.6. The van der Waals surface area contributed by atoms with Crippen LogP contribution in [0.2, 0.25) is 10.2 Å². The summed E-state index contributed by atoms with van der Waals surface area (Å²) in [6.45, 7) is 0.174. The lowest BCUT2D eigenvalue weighted by molar-refractivity contribution is 0.318. The van der Waals surface area contributed by atoms with Crippen LogP contribution in [0.3, 0.4) is 0 Å². The largest absolute Gasteiger partial charge is 0.491 e. The number of hydrogen-bond acceptors (Lipinski definition) is 4. The minimum atomic E-state index is 0.174. The number of methoxy groups -OCH3 is 1. The molecule has 6 heteroatoms. The molecule has 0 saturated carbocycles. The van der Waals surface area contributed by atoms with Crippen molar-refractivity contribution < 1.29 is 9.47 Å². The molecule has 0 atom stereocenters. The van der Waals surface area contributed by atoms with Gasteiger partial charge >= 0.3 is 0 Å². The molecule has 0 N–H and O–H groups in total. The molecule has 0 aromatic carbocycles. The molecule has 0 amide bonds. The minimum absolute atomic E-state index is 0.174. The zero-order chi connectivity index (χ0) is 14.4. The number of halogens is 2. The van der Waals surface area contributed by atoms with E-state index in [1.165, 1.54) is 13.3 Å². The first-order valence-corrected chi connectivity index (χ1v) is 6.37. The molecule has 20 heavy (non-hydrogen) atoms. The van der Waals surface area contributed by atoms with E-state index in [0.717, 1.165) is 5.56 Å². The van der Waals surface area contributed by atoms with Crippen LogP contribution in [0.1, 0.15) is 5.56 Å². The maximum atomic E-state index is 5.81. The number of nitrogens with zero attached hydrogens (tertiary/aromatic N) is 2. The van der Waals surface area contributed by atoms with Gasteiger partial charge in [0, 0.05) is 24.0 Å². The van der Waals surface area contributed by atoms with Gasteiger partial charge in [0.15, 0.2) is 12.4 Å². The van der Waals surface area contributed by atoms with Crippen molar-refractivity contribution in [3.63, 3.8) is 0 Å². The molecule has 0 fully saturated rings. The lowest BCUT2D eigenvalue weighted by Gasteiger charge is -2.06. The average Bonchev–Trinajstić information content (AvgIpc) is 2.46. The highest BCUT2D eigenvalue weighted by Gasteiger charge is 2.05. The number of rotatable bonds is 3. The summed E-state index contributed by atoms with van der Waals surface area (Å²) in [5.41, 5.74) is 0.758. The second-order valence-electron chi connectivity index (χ2n) is 3.62. The van der Waals surface area contributed by atoms with E-state index in [-0.39, 0.29) is 6.61 Å². The fourth-order valence-electron chi connectivity index (χ4n) is 1.36. The molecule has 0 aliphatic heterocycles. The number of aromatic nitrogens is 2. The summed E-state index contributed by atoms with van der Waals surface area (Å²) in [4.78, 5) is 7.96. The maximum Gasteiger partial charge on any atom is 0.258 e. The van der Waals surface area contributed by atoms with Crippen LogP contribution in [0.5, 0.6) is 11.6 Å². The third-order valence-electron chi connectivity index (χ3n) is 2.25. The topological polar surface area (TPSA) is 44.2 Å². The highest BCUT2D eigenvalue weighted by atomic mass is 35.5. The third kappa shape index (κ3) is 4.02. The van der Waals surface area contributed by atoms with E-state index < -0.39 is 0 Å². The number of pyridine rings is 2. The Balaban J connectivity index is 1.98. The molecule has 2 heterocycles. The minimum Gasteiger partial charge on any atom is -0.491 e. The molecule has 0 aliphatic rings. The van der Waals surface area contributed by atoms with Crippen molar-refractivity contribution in [2.75, 3.05) is 13.7 Å². The summed E-state index contributed by atoms with van der Waals surface area (Å²) in [6.07, 6.45) is 3.08. The molecule has 0 aliphatic carbocycles. The summed E-state index contributed by atoms with van der Waals surface area (Å²) in [6, 6.07) is 5.08. The molecular formula is C14H10Cl2N2O2. The number of hydrogen-bond donors (Lipinski definition) is 0. The van der Waals surface area contributed by atoms with Crippen molar-refractivity contribution in [2.45, 2.75) is 0 Å². The molecule has 4 nitrogen and oxygen atoms in total. The van der Waals surface area contributed by atoms with Crippen molar-refractivity contribution in [3.05, 3.63) is 46.3 Å². The Hall–Kier alpha value is -1.96. The van der Waals surface area contributed by atoms with Crippen LogP contribution in [-0.4, -0.2) is 23.7 Å². The number of ether oxygens (including phenoxy) is 2. The van der Waals surface area contributed by atoms with Crippen LogP contribution in [-0.2, 0) is 0 Å². The second-order valence-corrected chi connectivity index (χ2v) is 4.44. The first kappa shape index (κ1) is 14.4. The van der Waals surface area contributed by atoms with Gasteiger partial charge in [0.1, 0.15) is 5.15 Å². The van der Waals surface area contributed by atoms with Gasteiger partial charge in [0.05, 0.1) is 12.1 Å². The van der Waals surface area contributed by atoms with Crippen LogP contribution >= 0.6 is 23.2 Å². The smallest absolute Gasteiger partial charge is 0.258 e. The van der Waals surface area contributed by atoms with Gasteiger partial charge in [-0.05, 0) is 12.1 Å². The molecule has 102 valence electrons. The molecular weight excluding hydrogens is 299 g/mol. The van der Waals surface area contributed by atoms with Crippen LogP contribution in [0.4, 0.5) is 0 Å². The summed E-state index contributed by atoms with van der Waals surface area (Å²) in [5, 5.41) is 0.912. The van der Waals surface area contributed by atoms with E-state index >= 15 is 0 Å². The van der Waals surface area contributed by atoms with Gasteiger partial charge in [0.2, 0.25) is 0 Å². The van der Waals surface area contributed by atoms with E-state index in [1.54, 1.807) is 24.4 Å². The molecule has 0 saturated heterocycles. The quantitative estimate of drug-likeness (QED) is 0.645. The van der Waals surface area contributed by atoms with Crippen LogP contribution < -0.4 is 9.47 Å². The van der Waals surface area contributed by atoms with Crippen LogP contribution in [0.15, 0.2) is 30.6 Å². The SMILES string of the molecule is COc1cc(Cl)cnc1OCC#Cc1ccc(Cl)nc1. The van der Waals surface area contributed by atoms with Gasteiger partial charge in [0.25, 0.3) is 5.88 Å². The molecule has 2 aromatic heterocycles. The second kappa shape index (κ2) is 6.99. The van der Waals surface area contributed by atoms with Gasteiger partial charge < -0.3 is 9.47 Å². The average molecular weight is 309 g/mol. The van der Waals surface area contributed by atoms with E-state index in [0.29, 0.717) is 21.8 Å². The van der Waals surface area contributed by atoms with Gasteiger partial charge in [-0.3, -0.25) is 0 Å². The first-order chi connectivity index (χ1) is 9.69. The predicted octanol–water partition coefficient (Wildman–Crippen LogP) is 3.22. The molecule has 0 bridgehead atoms. The maximum absolute atomic E-state index is 5.81. The molecule has 0 unspecified atom stereocenters. The summed E-state index contributed by atoms with van der Waals surface area (Å²) < 4.78 is 10.5. The first-order valence-electron chi connectivity index (χ1n) is 5.62. The zero-order valence-corrected chi connectivity index (χ0v) is 12.1. The Morgan fingerprint density at radius 3 is 2.75 bits per heavy atom.